The number of benzene rings is 2. The molecule has 8 rings (SSSR count). The Kier molecular flexibility index (Phi) is 16.9. The van der Waals surface area contributed by atoms with Gasteiger partial charge in [-0.05, 0) is 102 Å². The minimum atomic E-state index is -0.940. The van der Waals surface area contributed by atoms with Crippen molar-refractivity contribution in [1.29, 1.82) is 0 Å². The molecule has 1 N–H and O–H groups in total. The highest BCUT2D eigenvalue weighted by Gasteiger charge is 2.24. The summed E-state index contributed by atoms with van der Waals surface area (Å²) in [5.41, 5.74) is 2.32. The van der Waals surface area contributed by atoms with E-state index in [1.54, 1.807) is 21.8 Å². The zero-order valence-corrected chi connectivity index (χ0v) is 40.1. The number of carbonyl (C=O) groups excluding carboxylic acids is 2. The van der Waals surface area contributed by atoms with Gasteiger partial charge in [-0.15, -0.1) is 0 Å². The van der Waals surface area contributed by atoms with Crippen LogP contribution in [0.3, 0.4) is 0 Å². The Labute approximate surface area is 413 Å². The van der Waals surface area contributed by atoms with Crippen LogP contribution < -0.4 is 4.74 Å². The fourth-order valence-corrected chi connectivity index (χ4v) is 7.09. The SMILES string of the molecule is CCn1cc(C(=O)c2cc(Cl)nn2-c2ccc(F)cc2CO)cn1.CCn1cc(C(=O)c2cc(Cl)nn2-c2ccc(F)cc2COc2cc(Br)cnc2[N+](=O)[O-])cn1.O=[N+]([O-])c1ncc(Br)cc1F. The molecular formula is C42H31Br2Cl2F3N12O8. The van der Waals surface area contributed by atoms with Crippen LogP contribution in [0.4, 0.5) is 24.8 Å². The molecule has 0 aliphatic rings. The minimum Gasteiger partial charge on any atom is -0.481 e. The summed E-state index contributed by atoms with van der Waals surface area (Å²) >= 11 is 18.2. The number of aryl methyl sites for hydroxylation is 2. The molecule has 0 aliphatic heterocycles. The second-order valence-corrected chi connectivity index (χ2v) is 16.4. The Hall–Kier alpha value is -7.19. The van der Waals surface area contributed by atoms with Crippen LogP contribution in [0.5, 0.6) is 5.75 Å². The van der Waals surface area contributed by atoms with Gasteiger partial charge in [0.2, 0.25) is 23.1 Å². The van der Waals surface area contributed by atoms with E-state index in [1.807, 2.05) is 13.8 Å². The molecule has 0 amide bonds. The molecule has 69 heavy (non-hydrogen) atoms. The molecule has 0 fully saturated rings. The van der Waals surface area contributed by atoms with Crippen molar-refractivity contribution in [3.05, 3.63) is 188 Å². The Morgan fingerprint density at radius 1 is 0.696 bits per heavy atom. The summed E-state index contributed by atoms with van der Waals surface area (Å²) in [4.78, 5) is 52.6. The van der Waals surface area contributed by atoms with Crippen molar-refractivity contribution < 1.29 is 42.5 Å². The van der Waals surface area contributed by atoms with Crippen LogP contribution in [0, 0.1) is 37.7 Å². The van der Waals surface area contributed by atoms with Gasteiger partial charge in [0.25, 0.3) is 0 Å². The molecule has 0 atom stereocenters. The first-order valence-electron chi connectivity index (χ1n) is 19.6. The lowest BCUT2D eigenvalue weighted by atomic mass is 10.1. The van der Waals surface area contributed by atoms with E-state index >= 15 is 0 Å². The molecule has 20 nitrogen and oxygen atoms in total. The quantitative estimate of drug-likeness (QED) is 0.0606. The van der Waals surface area contributed by atoms with Gasteiger partial charge in [-0.3, -0.25) is 19.0 Å². The average Bonchev–Trinajstić information content (AvgIpc) is 4.15. The smallest absolute Gasteiger partial charge is 0.406 e. The van der Waals surface area contributed by atoms with Crippen molar-refractivity contribution in [2.45, 2.75) is 40.2 Å². The zero-order chi connectivity index (χ0) is 50.1. The number of carbonyl (C=O) groups is 2. The van der Waals surface area contributed by atoms with E-state index in [4.69, 9.17) is 27.9 Å². The zero-order valence-electron chi connectivity index (χ0n) is 35.4. The summed E-state index contributed by atoms with van der Waals surface area (Å²) in [5, 5.41) is 47.4. The lowest BCUT2D eigenvalue weighted by molar-refractivity contribution is -0.392. The molecule has 0 aliphatic carbocycles. The predicted octanol–water partition coefficient (Wildman–Crippen LogP) is 9.25. The molecule has 0 radical (unpaired) electrons. The van der Waals surface area contributed by atoms with Crippen LogP contribution in [0.25, 0.3) is 11.4 Å². The molecule has 0 spiro atoms. The second kappa shape index (κ2) is 22.7. The summed E-state index contributed by atoms with van der Waals surface area (Å²) < 4.78 is 52.3. The Morgan fingerprint density at radius 3 is 1.61 bits per heavy atom. The van der Waals surface area contributed by atoms with Gasteiger partial charge in [0.1, 0.15) is 29.6 Å². The number of hydrogen-bond acceptors (Lipinski definition) is 14. The molecule has 0 saturated carbocycles. The molecule has 356 valence electrons. The first-order chi connectivity index (χ1) is 32.9. The van der Waals surface area contributed by atoms with Crippen molar-refractivity contribution >= 4 is 78.3 Å². The van der Waals surface area contributed by atoms with Crippen LogP contribution in [0.1, 0.15) is 57.1 Å². The number of pyridine rings is 2. The third-order valence-corrected chi connectivity index (χ3v) is 10.5. The first kappa shape index (κ1) is 51.2. The normalized spacial score (nSPS) is 10.8. The third-order valence-electron chi connectivity index (χ3n) is 9.29. The fourth-order valence-electron chi connectivity index (χ4n) is 6.12. The molecule has 0 saturated heterocycles. The van der Waals surface area contributed by atoms with E-state index < -0.39 is 45.5 Å². The number of aliphatic hydroxyl groups is 1. The van der Waals surface area contributed by atoms with Crippen LogP contribution in [0.2, 0.25) is 10.3 Å². The Balaban J connectivity index is 0.000000193. The maximum atomic E-state index is 14.1. The number of halogens is 7. The molecule has 8 aromatic rings. The van der Waals surface area contributed by atoms with Gasteiger partial charge >= 0.3 is 11.6 Å². The van der Waals surface area contributed by atoms with Gasteiger partial charge < -0.3 is 30.1 Å². The van der Waals surface area contributed by atoms with Gasteiger partial charge in [0, 0.05) is 60.9 Å². The number of aromatic nitrogens is 10. The lowest BCUT2D eigenvalue weighted by Gasteiger charge is -2.13. The molecule has 0 unspecified atom stereocenters. The summed E-state index contributed by atoms with van der Waals surface area (Å²) in [6.45, 7) is 4.35. The third kappa shape index (κ3) is 12.5. The number of hydrogen-bond donors (Lipinski definition) is 1. The van der Waals surface area contributed by atoms with E-state index in [-0.39, 0.29) is 51.2 Å². The highest BCUT2D eigenvalue weighted by molar-refractivity contribution is 9.10. The second-order valence-electron chi connectivity index (χ2n) is 13.8. The number of ether oxygens (including phenoxy) is 1. The van der Waals surface area contributed by atoms with E-state index in [9.17, 15) is 48.1 Å². The van der Waals surface area contributed by atoms with E-state index in [2.05, 4.69) is 62.2 Å². The van der Waals surface area contributed by atoms with Crippen molar-refractivity contribution in [1.82, 2.24) is 49.1 Å². The molecule has 2 aromatic carbocycles. The number of nitrogens with zero attached hydrogens (tertiary/aromatic N) is 12. The maximum absolute atomic E-state index is 14.1. The maximum Gasteiger partial charge on any atom is 0.406 e. The average molecular weight is 1120 g/mol. The topological polar surface area (TPSA) is 247 Å². The van der Waals surface area contributed by atoms with Gasteiger partial charge in [0.15, 0.2) is 22.7 Å². The summed E-state index contributed by atoms with van der Waals surface area (Å²) in [6, 6.07) is 12.9. The van der Waals surface area contributed by atoms with Gasteiger partial charge in [-0.2, -0.15) is 24.8 Å². The Bertz CT molecular complexity index is 3220. The summed E-state index contributed by atoms with van der Waals surface area (Å²) in [6.07, 6.45) is 8.57. The van der Waals surface area contributed by atoms with Gasteiger partial charge in [0.05, 0.1) is 50.4 Å². The molecule has 0 bridgehead atoms. The van der Waals surface area contributed by atoms with Gasteiger partial charge in [-0.1, -0.05) is 23.2 Å². The van der Waals surface area contributed by atoms with Crippen molar-refractivity contribution in [2.24, 2.45) is 0 Å². The number of nitro groups is 2. The van der Waals surface area contributed by atoms with E-state index in [0.29, 0.717) is 50.1 Å². The summed E-state index contributed by atoms with van der Waals surface area (Å²) in [5.74, 6) is -4.07. The summed E-state index contributed by atoms with van der Waals surface area (Å²) in [7, 11) is 0. The van der Waals surface area contributed by atoms with Crippen LogP contribution in [-0.2, 0) is 26.3 Å². The standard InChI is InChI=1S/C21H15BrClFN6O4.C16H14ClFN4O2.C5H2BrFN2O2/c1-2-28-10-13(8-26-28)20(31)17-7-19(23)27-29(17)16-4-3-15(24)5-12(16)11-34-18-6-14(22)9-25-21(18)30(32)33;1-2-21-8-11(7-19-21)16(24)14-6-15(17)20-22(14)13-4-3-12(18)5-10(13)9-23;6-3-1-4(7)5(8-2-3)9(10)11/h3-10H,2,11H2,1H3;3-8,23H,2,9H2,1H3;1-2H. The molecule has 6 aromatic heterocycles. The Morgan fingerprint density at radius 2 is 1.16 bits per heavy atom. The fraction of sp³-hybridized carbons (Fsp3) is 0.143. The largest absolute Gasteiger partial charge is 0.481 e. The van der Waals surface area contributed by atoms with Crippen molar-refractivity contribution in [3.63, 3.8) is 0 Å². The predicted molar refractivity (Wildman–Crippen MR) is 247 cm³/mol. The van der Waals surface area contributed by atoms with Crippen molar-refractivity contribution in [3.8, 4) is 17.1 Å². The lowest BCUT2D eigenvalue weighted by Crippen LogP contribution is -2.13. The number of ketones is 2. The highest BCUT2D eigenvalue weighted by atomic mass is 79.9. The van der Waals surface area contributed by atoms with Crippen LogP contribution in [-0.4, -0.2) is 75.6 Å². The molecular weight excluding hydrogens is 1090 g/mol. The van der Waals surface area contributed by atoms with E-state index in [0.717, 1.165) is 6.07 Å². The van der Waals surface area contributed by atoms with E-state index in [1.165, 1.54) is 88.7 Å². The molecule has 27 heteroatoms. The van der Waals surface area contributed by atoms with Crippen molar-refractivity contribution in [2.75, 3.05) is 0 Å². The molecule has 6 heterocycles. The van der Waals surface area contributed by atoms with Crippen LogP contribution >= 0.6 is 55.1 Å². The first-order valence-corrected chi connectivity index (χ1v) is 22.0. The van der Waals surface area contributed by atoms with Gasteiger partial charge in [-0.25, -0.2) is 18.1 Å². The number of rotatable bonds is 14. The highest BCUT2D eigenvalue weighted by Crippen LogP contribution is 2.30. The monoisotopic (exact) mass is 1120 g/mol. The van der Waals surface area contributed by atoms with Crippen LogP contribution in [0.15, 0.2) is 107 Å². The minimum absolute atomic E-state index is 0.0502. The number of aliphatic hydroxyl groups excluding tert-OH is 1.